The van der Waals surface area contributed by atoms with Gasteiger partial charge in [0.15, 0.2) is 0 Å². The van der Waals surface area contributed by atoms with E-state index in [0.29, 0.717) is 45.2 Å². The van der Waals surface area contributed by atoms with Gasteiger partial charge in [-0.3, -0.25) is 14.5 Å². The molecule has 2 unspecified atom stereocenters. The molecule has 3 aliphatic rings. The van der Waals surface area contributed by atoms with E-state index in [2.05, 4.69) is 28.1 Å². The third kappa shape index (κ3) is 6.21. The van der Waals surface area contributed by atoms with E-state index in [-0.39, 0.29) is 5.91 Å². The number of aliphatic imine (C=N–C) groups is 1. The van der Waals surface area contributed by atoms with Crippen LogP contribution in [0.15, 0.2) is 35.5 Å². The molecule has 0 saturated carbocycles. The standard InChI is InChI=1S/C26H38N6O3/c1-19-7-9-32(16-19)22-14-20-4-5-21(15-23(20)35-17-22)29-24(6-8-28-18-33)30-10-12-31(13-11-30)25(34)26(2,3)27/h4-6,8,15,18-19,22H,7,9-14,16-17,27H2,1-3H3,(H,28,33)/b8-6-,29-24?. The summed E-state index contributed by atoms with van der Waals surface area (Å²) in [5, 5.41) is 2.56. The Hall–Kier alpha value is -2.91. The number of nitrogens with zero attached hydrogens (tertiary/aromatic N) is 4. The predicted molar refractivity (Wildman–Crippen MR) is 137 cm³/mol. The molecule has 35 heavy (non-hydrogen) atoms. The van der Waals surface area contributed by atoms with Gasteiger partial charge in [0, 0.05) is 51.0 Å². The number of piperazine rings is 1. The highest BCUT2D eigenvalue weighted by Gasteiger charge is 2.31. The first kappa shape index (κ1) is 25.2. The molecule has 0 radical (unpaired) electrons. The van der Waals surface area contributed by atoms with Crippen LogP contribution >= 0.6 is 0 Å². The van der Waals surface area contributed by atoms with Crippen molar-refractivity contribution in [2.75, 3.05) is 45.9 Å². The molecule has 2 saturated heterocycles. The number of ether oxygens (including phenoxy) is 1. The maximum absolute atomic E-state index is 12.5. The second-order valence-corrected chi connectivity index (χ2v) is 10.4. The Morgan fingerprint density at radius 3 is 2.60 bits per heavy atom. The topological polar surface area (TPSA) is 104 Å². The van der Waals surface area contributed by atoms with Gasteiger partial charge in [-0.15, -0.1) is 0 Å². The molecule has 0 aliphatic carbocycles. The molecule has 3 heterocycles. The van der Waals surface area contributed by atoms with Gasteiger partial charge < -0.3 is 25.6 Å². The minimum Gasteiger partial charge on any atom is -0.492 e. The Balaban J connectivity index is 1.47. The molecule has 9 nitrogen and oxygen atoms in total. The molecule has 9 heteroatoms. The third-order valence-corrected chi connectivity index (χ3v) is 6.99. The normalized spacial score (nSPS) is 23.8. The molecule has 0 aromatic heterocycles. The summed E-state index contributed by atoms with van der Waals surface area (Å²) in [6.07, 6.45) is 6.24. The van der Waals surface area contributed by atoms with Gasteiger partial charge in [0.25, 0.3) is 0 Å². The molecule has 1 aromatic carbocycles. The average Bonchev–Trinajstić information content (AvgIpc) is 3.28. The number of nitrogens with one attached hydrogen (secondary N) is 1. The molecule has 2 fully saturated rings. The van der Waals surface area contributed by atoms with Crippen LogP contribution in [0, 0.1) is 5.92 Å². The van der Waals surface area contributed by atoms with Crippen molar-refractivity contribution in [3.05, 3.63) is 36.0 Å². The molecule has 3 aliphatic heterocycles. The minimum absolute atomic E-state index is 0.0534. The van der Waals surface area contributed by atoms with Gasteiger partial charge in [-0.1, -0.05) is 13.0 Å². The van der Waals surface area contributed by atoms with Crippen molar-refractivity contribution >= 4 is 23.8 Å². The van der Waals surface area contributed by atoms with Crippen molar-refractivity contribution in [3.8, 4) is 5.75 Å². The van der Waals surface area contributed by atoms with Gasteiger partial charge in [-0.2, -0.15) is 0 Å². The number of fused-ring (bicyclic) bond motifs is 1. The van der Waals surface area contributed by atoms with Gasteiger partial charge >= 0.3 is 0 Å². The fourth-order valence-corrected chi connectivity index (χ4v) is 5.00. The van der Waals surface area contributed by atoms with Gasteiger partial charge in [-0.05, 0) is 56.9 Å². The Morgan fingerprint density at radius 2 is 1.94 bits per heavy atom. The number of hydrogen-bond donors (Lipinski definition) is 2. The Bertz CT molecular complexity index is 978. The lowest BCUT2D eigenvalue weighted by Gasteiger charge is -2.38. The minimum atomic E-state index is -0.887. The van der Waals surface area contributed by atoms with Crippen LogP contribution in [0.3, 0.4) is 0 Å². The van der Waals surface area contributed by atoms with E-state index in [9.17, 15) is 9.59 Å². The Labute approximate surface area is 208 Å². The third-order valence-electron chi connectivity index (χ3n) is 6.99. The second kappa shape index (κ2) is 10.8. The summed E-state index contributed by atoms with van der Waals surface area (Å²) < 4.78 is 6.17. The van der Waals surface area contributed by atoms with Crippen LogP contribution in [-0.4, -0.2) is 90.3 Å². The summed E-state index contributed by atoms with van der Waals surface area (Å²) in [6, 6.07) is 6.57. The zero-order valence-corrected chi connectivity index (χ0v) is 21.1. The zero-order valence-electron chi connectivity index (χ0n) is 21.1. The van der Waals surface area contributed by atoms with Crippen molar-refractivity contribution in [3.63, 3.8) is 0 Å². The highest BCUT2D eigenvalue weighted by atomic mass is 16.5. The molecule has 2 atom stereocenters. The number of amides is 2. The monoisotopic (exact) mass is 482 g/mol. The summed E-state index contributed by atoms with van der Waals surface area (Å²) in [4.78, 5) is 34.6. The maximum Gasteiger partial charge on any atom is 0.242 e. The first-order valence-corrected chi connectivity index (χ1v) is 12.5. The smallest absolute Gasteiger partial charge is 0.242 e. The largest absolute Gasteiger partial charge is 0.492 e. The van der Waals surface area contributed by atoms with E-state index in [4.69, 9.17) is 15.5 Å². The molecule has 190 valence electrons. The lowest BCUT2D eigenvalue weighted by molar-refractivity contribution is -0.137. The number of benzene rings is 1. The van der Waals surface area contributed by atoms with E-state index in [1.54, 1.807) is 31.0 Å². The van der Waals surface area contributed by atoms with E-state index in [1.165, 1.54) is 12.0 Å². The molecule has 0 bridgehead atoms. The summed E-state index contributed by atoms with van der Waals surface area (Å²) in [6.45, 7) is 11.2. The highest BCUT2D eigenvalue weighted by Crippen LogP contribution is 2.32. The molecule has 2 amide bonds. The van der Waals surface area contributed by atoms with Crippen LogP contribution < -0.4 is 15.8 Å². The van der Waals surface area contributed by atoms with Gasteiger partial charge in [0.05, 0.1) is 11.2 Å². The van der Waals surface area contributed by atoms with Crippen LogP contribution in [0.1, 0.15) is 32.8 Å². The van der Waals surface area contributed by atoms with Crippen molar-refractivity contribution < 1.29 is 14.3 Å². The van der Waals surface area contributed by atoms with E-state index < -0.39 is 5.54 Å². The quantitative estimate of drug-likeness (QED) is 0.362. The fraction of sp³-hybridized carbons (Fsp3) is 0.577. The van der Waals surface area contributed by atoms with Crippen LogP contribution in [0.4, 0.5) is 5.69 Å². The average molecular weight is 483 g/mol. The molecule has 0 spiro atoms. The van der Waals surface area contributed by atoms with Crippen molar-refractivity contribution in [1.82, 2.24) is 20.0 Å². The predicted octanol–water partition coefficient (Wildman–Crippen LogP) is 1.50. The Kier molecular flexibility index (Phi) is 7.76. The van der Waals surface area contributed by atoms with Crippen LogP contribution in [-0.2, 0) is 16.0 Å². The zero-order chi connectivity index (χ0) is 25.0. The number of nitrogens with two attached hydrogens (primary N) is 1. The van der Waals surface area contributed by atoms with Crippen LogP contribution in [0.5, 0.6) is 5.75 Å². The molecular weight excluding hydrogens is 444 g/mol. The van der Waals surface area contributed by atoms with Crippen LogP contribution in [0.2, 0.25) is 0 Å². The molecule has 3 N–H and O–H groups in total. The number of likely N-dealkylation sites (tertiary alicyclic amines) is 1. The number of rotatable bonds is 6. The van der Waals surface area contributed by atoms with E-state index in [1.807, 2.05) is 12.1 Å². The first-order chi connectivity index (χ1) is 16.7. The summed E-state index contributed by atoms with van der Waals surface area (Å²) in [5.41, 5.74) is 7.12. The fourth-order valence-electron chi connectivity index (χ4n) is 5.00. The number of amidine groups is 1. The first-order valence-electron chi connectivity index (χ1n) is 12.5. The molecule has 1 aromatic rings. The number of carbonyl (C=O) groups is 2. The van der Waals surface area contributed by atoms with E-state index >= 15 is 0 Å². The lowest BCUT2D eigenvalue weighted by atomic mass is 10.0. The number of carbonyl (C=O) groups excluding carboxylic acids is 2. The van der Waals surface area contributed by atoms with Crippen LogP contribution in [0.25, 0.3) is 0 Å². The highest BCUT2D eigenvalue weighted by molar-refractivity contribution is 5.95. The van der Waals surface area contributed by atoms with Gasteiger partial charge in [0.1, 0.15) is 18.2 Å². The van der Waals surface area contributed by atoms with Crippen molar-refractivity contribution in [2.24, 2.45) is 16.6 Å². The lowest BCUT2D eigenvalue weighted by Crippen LogP contribution is -2.57. The van der Waals surface area contributed by atoms with E-state index in [0.717, 1.165) is 42.7 Å². The summed E-state index contributed by atoms with van der Waals surface area (Å²) in [7, 11) is 0. The van der Waals surface area contributed by atoms with Gasteiger partial charge in [-0.25, -0.2) is 4.99 Å². The second-order valence-electron chi connectivity index (χ2n) is 10.4. The maximum atomic E-state index is 12.5. The van der Waals surface area contributed by atoms with Gasteiger partial charge in [0.2, 0.25) is 12.3 Å². The molecule has 4 rings (SSSR count). The summed E-state index contributed by atoms with van der Waals surface area (Å²) >= 11 is 0. The number of hydrogen-bond acceptors (Lipinski definition) is 6. The summed E-state index contributed by atoms with van der Waals surface area (Å²) in [5.74, 6) is 2.32. The molecular formula is C26H38N6O3. The van der Waals surface area contributed by atoms with Crippen molar-refractivity contribution in [1.29, 1.82) is 0 Å². The SMILES string of the molecule is CC1CCN(C2COc3cc(N=C(/C=C\NC=O)N4CCN(C(=O)C(C)(C)N)CC4)ccc3C2)C1. The Morgan fingerprint density at radius 1 is 1.20 bits per heavy atom. The van der Waals surface area contributed by atoms with Crippen molar-refractivity contribution in [2.45, 2.75) is 45.2 Å².